The van der Waals surface area contributed by atoms with Crippen molar-refractivity contribution < 1.29 is 0 Å². The maximum atomic E-state index is 4.85. The molecule has 0 amide bonds. The van der Waals surface area contributed by atoms with E-state index in [1.54, 1.807) is 0 Å². The van der Waals surface area contributed by atoms with Crippen molar-refractivity contribution in [3.63, 3.8) is 0 Å². The van der Waals surface area contributed by atoms with Crippen LogP contribution in [0.3, 0.4) is 0 Å². The van der Waals surface area contributed by atoms with Gasteiger partial charge in [-0.05, 0) is 60.3 Å². The Morgan fingerprint density at radius 3 is 3.00 bits per heavy atom. The topological polar surface area (TPSA) is 37.8 Å². The number of rotatable bonds is 5. The Morgan fingerprint density at radius 2 is 2.30 bits per heavy atom. The summed E-state index contributed by atoms with van der Waals surface area (Å²) in [5.74, 6) is 0. The Hall–Kier alpha value is -0.780. The molecule has 2 heterocycles. The molecular weight excluding hydrogens is 334 g/mol. The lowest BCUT2D eigenvalue weighted by Crippen LogP contribution is -2.24. The van der Waals surface area contributed by atoms with Crippen LogP contribution in [-0.2, 0) is 12.8 Å². The van der Waals surface area contributed by atoms with Crippen LogP contribution in [0.25, 0.3) is 0 Å². The van der Waals surface area contributed by atoms with Crippen LogP contribution in [0.15, 0.2) is 22.8 Å². The van der Waals surface area contributed by atoms with Crippen LogP contribution in [0, 0.1) is 0 Å². The molecule has 5 heteroatoms. The third kappa shape index (κ3) is 2.95. The molecule has 1 aliphatic carbocycles. The maximum absolute atomic E-state index is 4.85. The Kier molecular flexibility index (Phi) is 4.48. The van der Waals surface area contributed by atoms with Gasteiger partial charge in [-0.1, -0.05) is 6.92 Å². The summed E-state index contributed by atoms with van der Waals surface area (Å²) >= 11 is 5.30. The largest absolute Gasteiger partial charge is 0.303 e. The minimum atomic E-state index is 0.124. The van der Waals surface area contributed by atoms with Crippen LogP contribution in [0.2, 0.25) is 0 Å². The maximum Gasteiger partial charge on any atom is 0.116 e. The molecule has 1 atom stereocenters. The van der Waals surface area contributed by atoms with Crippen molar-refractivity contribution >= 4 is 27.3 Å². The number of nitrogens with one attached hydrogen (secondary N) is 1. The molecule has 20 heavy (non-hydrogen) atoms. The summed E-state index contributed by atoms with van der Waals surface area (Å²) < 4.78 is 1.01. The Morgan fingerprint density at radius 1 is 1.40 bits per heavy atom. The SMILES string of the molecule is CCCNC(c1ccc(Br)cn1)c1nc2c(s1)CCC2. The fourth-order valence-corrected chi connectivity index (χ4v) is 3.98. The Bertz CT molecular complexity index is 558. The molecule has 0 aliphatic heterocycles. The highest BCUT2D eigenvalue weighted by Crippen LogP contribution is 2.32. The van der Waals surface area contributed by atoms with Gasteiger partial charge in [-0.3, -0.25) is 4.98 Å². The summed E-state index contributed by atoms with van der Waals surface area (Å²) in [5, 5.41) is 4.75. The Labute approximate surface area is 132 Å². The number of halogens is 1. The van der Waals surface area contributed by atoms with Gasteiger partial charge in [-0.2, -0.15) is 0 Å². The van der Waals surface area contributed by atoms with E-state index >= 15 is 0 Å². The Balaban J connectivity index is 1.90. The number of thiazole rings is 1. The van der Waals surface area contributed by atoms with Gasteiger partial charge in [-0.15, -0.1) is 11.3 Å². The molecule has 2 aromatic heterocycles. The van der Waals surface area contributed by atoms with Crippen LogP contribution in [0.5, 0.6) is 0 Å². The quantitative estimate of drug-likeness (QED) is 0.888. The number of hydrogen-bond acceptors (Lipinski definition) is 4. The molecule has 0 fully saturated rings. The zero-order valence-electron chi connectivity index (χ0n) is 11.5. The van der Waals surface area contributed by atoms with Crippen molar-refractivity contribution in [3.8, 4) is 0 Å². The summed E-state index contributed by atoms with van der Waals surface area (Å²) in [6.45, 7) is 3.16. The number of hydrogen-bond donors (Lipinski definition) is 1. The van der Waals surface area contributed by atoms with Crippen molar-refractivity contribution in [2.45, 2.75) is 38.6 Å². The van der Waals surface area contributed by atoms with Gasteiger partial charge in [0.05, 0.1) is 11.4 Å². The van der Waals surface area contributed by atoms with Crippen molar-refractivity contribution in [2.75, 3.05) is 6.54 Å². The van der Waals surface area contributed by atoms with E-state index in [0.717, 1.165) is 34.6 Å². The molecule has 3 rings (SSSR count). The van der Waals surface area contributed by atoms with Gasteiger partial charge in [-0.25, -0.2) is 4.98 Å². The van der Waals surface area contributed by atoms with Gasteiger partial charge in [0.25, 0.3) is 0 Å². The molecule has 0 radical (unpaired) electrons. The monoisotopic (exact) mass is 351 g/mol. The van der Waals surface area contributed by atoms with Crippen LogP contribution in [0.1, 0.15) is 47.1 Å². The van der Waals surface area contributed by atoms with Crippen LogP contribution < -0.4 is 5.32 Å². The molecule has 1 unspecified atom stereocenters. The zero-order valence-corrected chi connectivity index (χ0v) is 13.9. The highest BCUT2D eigenvalue weighted by atomic mass is 79.9. The summed E-state index contributed by atoms with van der Waals surface area (Å²) in [4.78, 5) is 10.9. The normalized spacial score (nSPS) is 15.3. The van der Waals surface area contributed by atoms with Gasteiger partial charge in [0, 0.05) is 15.5 Å². The van der Waals surface area contributed by atoms with E-state index < -0.39 is 0 Å². The predicted octanol–water partition coefficient (Wildman–Crippen LogP) is 3.88. The van der Waals surface area contributed by atoms with Gasteiger partial charge < -0.3 is 5.32 Å². The molecule has 0 spiro atoms. The third-order valence-corrected chi connectivity index (χ3v) is 5.20. The van der Waals surface area contributed by atoms with E-state index in [1.165, 1.54) is 23.4 Å². The molecule has 1 N–H and O–H groups in total. The van der Waals surface area contributed by atoms with Crippen LogP contribution in [-0.4, -0.2) is 16.5 Å². The fourth-order valence-electron chi connectivity index (χ4n) is 2.50. The first-order chi connectivity index (χ1) is 9.78. The predicted molar refractivity (Wildman–Crippen MR) is 86.2 cm³/mol. The number of nitrogens with zero attached hydrogens (tertiary/aromatic N) is 2. The number of aromatic nitrogens is 2. The molecule has 106 valence electrons. The van der Waals surface area contributed by atoms with E-state index in [2.05, 4.69) is 39.2 Å². The molecule has 0 aromatic carbocycles. The highest BCUT2D eigenvalue weighted by molar-refractivity contribution is 9.10. The van der Waals surface area contributed by atoms with E-state index in [4.69, 9.17) is 4.98 Å². The van der Waals surface area contributed by atoms with Crippen LogP contribution in [0.4, 0.5) is 0 Å². The molecule has 0 saturated carbocycles. The third-order valence-electron chi connectivity index (χ3n) is 3.50. The first-order valence-electron chi connectivity index (χ1n) is 7.11. The van der Waals surface area contributed by atoms with Crippen molar-refractivity contribution in [2.24, 2.45) is 0 Å². The van der Waals surface area contributed by atoms with E-state index in [-0.39, 0.29) is 6.04 Å². The second-order valence-electron chi connectivity index (χ2n) is 5.06. The number of fused-ring (bicyclic) bond motifs is 1. The first-order valence-corrected chi connectivity index (χ1v) is 8.72. The molecule has 3 nitrogen and oxygen atoms in total. The summed E-state index contributed by atoms with van der Waals surface area (Å²) in [6, 6.07) is 4.24. The number of pyridine rings is 1. The summed E-state index contributed by atoms with van der Waals surface area (Å²) in [5.41, 5.74) is 2.36. The molecule has 0 saturated heterocycles. The minimum Gasteiger partial charge on any atom is -0.303 e. The molecule has 2 aromatic rings. The summed E-state index contributed by atoms with van der Waals surface area (Å²) in [6.07, 6.45) is 6.56. The first kappa shape index (κ1) is 14.2. The second-order valence-corrected chi connectivity index (χ2v) is 7.09. The lowest BCUT2D eigenvalue weighted by Gasteiger charge is -2.15. The van der Waals surface area contributed by atoms with E-state index in [1.807, 2.05) is 23.6 Å². The number of aryl methyl sites for hydroxylation is 2. The van der Waals surface area contributed by atoms with Crippen molar-refractivity contribution in [1.29, 1.82) is 0 Å². The second kappa shape index (κ2) is 6.33. The molecule has 0 bridgehead atoms. The average Bonchev–Trinajstić information content (AvgIpc) is 3.02. The minimum absolute atomic E-state index is 0.124. The molecular formula is C15H18BrN3S. The lowest BCUT2D eigenvalue weighted by atomic mass is 10.2. The van der Waals surface area contributed by atoms with Crippen molar-refractivity contribution in [1.82, 2.24) is 15.3 Å². The fraction of sp³-hybridized carbons (Fsp3) is 0.467. The van der Waals surface area contributed by atoms with Gasteiger partial charge in [0.1, 0.15) is 11.0 Å². The van der Waals surface area contributed by atoms with Crippen molar-refractivity contribution in [3.05, 3.63) is 44.1 Å². The molecule has 1 aliphatic rings. The smallest absolute Gasteiger partial charge is 0.116 e. The van der Waals surface area contributed by atoms with Gasteiger partial charge >= 0.3 is 0 Å². The van der Waals surface area contributed by atoms with Gasteiger partial charge in [0.15, 0.2) is 0 Å². The zero-order chi connectivity index (χ0) is 13.9. The van der Waals surface area contributed by atoms with Gasteiger partial charge in [0.2, 0.25) is 0 Å². The standard InChI is InChI=1S/C15H18BrN3S/c1-2-8-17-14(12-7-6-10(16)9-18-12)15-19-11-4-3-5-13(11)20-15/h6-7,9,14,17H,2-5,8H2,1H3. The van der Waals surface area contributed by atoms with E-state index in [0.29, 0.717) is 0 Å². The summed E-state index contributed by atoms with van der Waals surface area (Å²) in [7, 11) is 0. The van der Waals surface area contributed by atoms with Crippen LogP contribution >= 0.6 is 27.3 Å². The van der Waals surface area contributed by atoms with E-state index in [9.17, 15) is 0 Å². The lowest BCUT2D eigenvalue weighted by molar-refractivity contribution is 0.582. The average molecular weight is 352 g/mol. The highest BCUT2D eigenvalue weighted by Gasteiger charge is 2.23.